The number of nitrogens with zero attached hydrogens (tertiary/aromatic N) is 1. The van der Waals surface area contributed by atoms with Crippen LogP contribution in [0.2, 0.25) is 0 Å². The summed E-state index contributed by atoms with van der Waals surface area (Å²) in [7, 11) is 0.912. The average Bonchev–Trinajstić information content (AvgIpc) is 2.43. The van der Waals surface area contributed by atoms with Gasteiger partial charge in [-0.3, -0.25) is 4.79 Å². The summed E-state index contributed by atoms with van der Waals surface area (Å²) in [6.45, 7) is -0.0252. The van der Waals surface area contributed by atoms with E-state index in [2.05, 4.69) is 21.9 Å². The largest absolute Gasteiger partial charge is 0.355 e. The predicted molar refractivity (Wildman–Crippen MR) is 77.3 cm³/mol. The Morgan fingerprint density at radius 3 is 2.55 bits per heavy atom. The number of amides is 1. The molecule has 2 N–H and O–H groups in total. The maximum Gasteiger partial charge on any atom is 0.279 e. The first-order chi connectivity index (χ1) is 9.38. The van der Waals surface area contributed by atoms with Crippen LogP contribution in [0.15, 0.2) is 24.3 Å². The second-order valence-electron chi connectivity index (χ2n) is 4.04. The number of carbonyl (C=O) groups is 1. The second kappa shape index (κ2) is 7.05. The Morgan fingerprint density at radius 2 is 1.95 bits per heavy atom. The molecule has 0 aromatic heterocycles. The van der Waals surface area contributed by atoms with Crippen LogP contribution in [-0.4, -0.2) is 46.3 Å². The Morgan fingerprint density at radius 1 is 1.30 bits per heavy atom. The van der Waals surface area contributed by atoms with Crippen molar-refractivity contribution in [2.45, 2.75) is 0 Å². The monoisotopic (exact) mass is 295 g/mol. The van der Waals surface area contributed by atoms with Gasteiger partial charge in [-0.2, -0.15) is 17.4 Å². The van der Waals surface area contributed by atoms with Crippen LogP contribution in [0, 0.1) is 11.8 Å². The van der Waals surface area contributed by atoms with E-state index in [4.69, 9.17) is 0 Å². The summed E-state index contributed by atoms with van der Waals surface area (Å²) < 4.78 is 26.3. The smallest absolute Gasteiger partial charge is 0.279 e. The van der Waals surface area contributed by atoms with Gasteiger partial charge in [0.15, 0.2) is 0 Å². The quantitative estimate of drug-likeness (QED) is 0.755. The molecule has 0 saturated heterocycles. The van der Waals surface area contributed by atoms with Crippen molar-refractivity contribution in [2.24, 2.45) is 0 Å². The molecule has 0 aliphatic rings. The average molecular weight is 295 g/mol. The summed E-state index contributed by atoms with van der Waals surface area (Å²) in [6, 6.07) is 6.87. The van der Waals surface area contributed by atoms with E-state index in [9.17, 15) is 13.2 Å². The highest BCUT2D eigenvalue weighted by Gasteiger charge is 2.10. The van der Waals surface area contributed by atoms with Gasteiger partial charge in [0, 0.05) is 26.7 Å². The third kappa shape index (κ3) is 4.35. The molecule has 20 heavy (non-hydrogen) atoms. The van der Waals surface area contributed by atoms with Gasteiger partial charge in [0.25, 0.3) is 16.1 Å². The molecule has 0 aliphatic heterocycles. The molecule has 0 unspecified atom stereocenters. The normalized spacial score (nSPS) is 10.8. The summed E-state index contributed by atoms with van der Waals surface area (Å²) in [5.74, 6) is 5.24. The van der Waals surface area contributed by atoms with Crippen LogP contribution in [-0.2, 0) is 10.2 Å². The molecule has 6 nitrogen and oxygen atoms in total. The zero-order chi connectivity index (χ0) is 15.2. The third-order valence-electron chi connectivity index (χ3n) is 2.45. The number of rotatable bonds is 4. The van der Waals surface area contributed by atoms with Gasteiger partial charge in [0.2, 0.25) is 0 Å². The fourth-order valence-corrected chi connectivity index (χ4v) is 1.83. The van der Waals surface area contributed by atoms with Crippen molar-refractivity contribution in [3.05, 3.63) is 35.4 Å². The van der Waals surface area contributed by atoms with Gasteiger partial charge in [-0.1, -0.05) is 24.0 Å². The maximum absolute atomic E-state index is 11.6. The van der Waals surface area contributed by atoms with Crippen molar-refractivity contribution < 1.29 is 13.2 Å². The van der Waals surface area contributed by atoms with Crippen LogP contribution >= 0.6 is 0 Å². The van der Waals surface area contributed by atoms with Crippen molar-refractivity contribution in [3.63, 3.8) is 0 Å². The highest BCUT2D eigenvalue weighted by Crippen LogP contribution is 2.06. The van der Waals surface area contributed by atoms with E-state index in [-0.39, 0.29) is 12.5 Å². The van der Waals surface area contributed by atoms with Crippen LogP contribution in [0.5, 0.6) is 0 Å². The Labute approximate surface area is 119 Å². The summed E-state index contributed by atoms with van der Waals surface area (Å²) in [5.41, 5.74) is 1.01. The minimum atomic E-state index is -3.48. The molecule has 0 atom stereocenters. The second-order valence-corrected chi connectivity index (χ2v) is 6.00. The zero-order valence-electron chi connectivity index (χ0n) is 11.6. The highest BCUT2D eigenvalue weighted by molar-refractivity contribution is 7.87. The topological polar surface area (TPSA) is 78.5 Å². The fraction of sp³-hybridized carbons (Fsp3) is 0.308. The summed E-state index contributed by atoms with van der Waals surface area (Å²) in [5, 5.41) is 2.53. The van der Waals surface area contributed by atoms with Crippen molar-refractivity contribution in [2.75, 3.05) is 27.7 Å². The number of nitrogens with one attached hydrogen (secondary N) is 2. The molecule has 1 aromatic rings. The van der Waals surface area contributed by atoms with Crippen molar-refractivity contribution in [1.82, 2.24) is 14.3 Å². The van der Waals surface area contributed by atoms with Crippen LogP contribution in [0.3, 0.4) is 0 Å². The van der Waals surface area contributed by atoms with Gasteiger partial charge in [0.1, 0.15) is 0 Å². The van der Waals surface area contributed by atoms with E-state index in [1.165, 1.54) is 21.1 Å². The molecule has 0 aliphatic carbocycles. The Hall–Kier alpha value is -1.88. The summed E-state index contributed by atoms with van der Waals surface area (Å²) in [6.07, 6.45) is 0. The lowest BCUT2D eigenvalue weighted by Crippen LogP contribution is -2.35. The molecule has 1 rings (SSSR count). The molecule has 0 fully saturated rings. The van der Waals surface area contributed by atoms with Gasteiger partial charge in [-0.25, -0.2) is 0 Å². The van der Waals surface area contributed by atoms with Crippen molar-refractivity contribution >= 4 is 16.1 Å². The van der Waals surface area contributed by atoms with Crippen LogP contribution in [0.4, 0.5) is 0 Å². The van der Waals surface area contributed by atoms with Gasteiger partial charge >= 0.3 is 0 Å². The summed E-state index contributed by atoms with van der Waals surface area (Å²) in [4.78, 5) is 11.6. The van der Waals surface area contributed by atoms with E-state index < -0.39 is 10.2 Å². The van der Waals surface area contributed by atoms with Crippen LogP contribution in [0.25, 0.3) is 0 Å². The highest BCUT2D eigenvalue weighted by atomic mass is 32.2. The van der Waals surface area contributed by atoms with Crippen LogP contribution < -0.4 is 10.0 Å². The minimum Gasteiger partial charge on any atom is -0.355 e. The SMILES string of the molecule is CNC(=O)c1ccccc1C#CCNS(=O)(=O)N(C)C. The van der Waals surface area contributed by atoms with Gasteiger partial charge in [0.05, 0.1) is 12.1 Å². The van der Waals surface area contributed by atoms with Crippen molar-refractivity contribution in [1.29, 1.82) is 0 Å². The van der Waals surface area contributed by atoms with E-state index in [1.54, 1.807) is 24.3 Å². The van der Waals surface area contributed by atoms with Crippen LogP contribution in [0.1, 0.15) is 15.9 Å². The maximum atomic E-state index is 11.6. The van der Waals surface area contributed by atoms with Gasteiger partial charge < -0.3 is 5.32 Å². The first-order valence-electron chi connectivity index (χ1n) is 5.85. The van der Waals surface area contributed by atoms with Gasteiger partial charge in [-0.05, 0) is 12.1 Å². The number of hydrogen-bond acceptors (Lipinski definition) is 3. The molecule has 0 saturated carbocycles. The molecule has 7 heteroatoms. The Kier molecular flexibility index (Phi) is 5.70. The molecule has 1 aromatic carbocycles. The lowest BCUT2D eigenvalue weighted by molar-refractivity contribution is 0.0963. The van der Waals surface area contributed by atoms with Gasteiger partial charge in [-0.15, -0.1) is 0 Å². The summed E-state index contributed by atoms with van der Waals surface area (Å²) >= 11 is 0. The standard InChI is InChI=1S/C13H17N3O3S/c1-14-13(17)12-9-5-4-7-11(12)8-6-10-15-20(18,19)16(2)3/h4-5,7,9,15H,10H2,1-3H3,(H,14,17). The third-order valence-corrected chi connectivity index (χ3v) is 3.92. The first kappa shape index (κ1) is 16.2. The molecule has 108 valence electrons. The zero-order valence-corrected chi connectivity index (χ0v) is 12.4. The molecule has 1 amide bonds. The van der Waals surface area contributed by atoms with Crippen molar-refractivity contribution in [3.8, 4) is 11.8 Å². The molecule has 0 heterocycles. The number of hydrogen-bond donors (Lipinski definition) is 2. The Bertz CT molecular complexity index is 642. The Balaban J connectivity index is 2.81. The fourth-order valence-electron chi connectivity index (χ4n) is 1.32. The first-order valence-corrected chi connectivity index (χ1v) is 7.29. The molecule has 0 radical (unpaired) electrons. The number of benzene rings is 1. The van der Waals surface area contributed by atoms with E-state index in [1.807, 2.05) is 0 Å². The lowest BCUT2D eigenvalue weighted by Gasteiger charge is -2.09. The van der Waals surface area contributed by atoms with E-state index in [0.717, 1.165) is 4.31 Å². The number of carbonyl (C=O) groups excluding carboxylic acids is 1. The molecule has 0 spiro atoms. The molecular weight excluding hydrogens is 278 g/mol. The van der Waals surface area contributed by atoms with E-state index in [0.29, 0.717) is 11.1 Å². The molecular formula is C13H17N3O3S. The van der Waals surface area contributed by atoms with E-state index >= 15 is 0 Å². The lowest BCUT2D eigenvalue weighted by atomic mass is 10.1. The predicted octanol–water partition coefficient (Wildman–Crippen LogP) is -0.206. The molecule has 0 bridgehead atoms. The minimum absolute atomic E-state index is 0.0252.